The molecule has 2 fully saturated rings. The summed E-state index contributed by atoms with van der Waals surface area (Å²) in [6.45, 7) is 4.10. The Morgan fingerprint density at radius 2 is 1.75 bits per heavy atom. The summed E-state index contributed by atoms with van der Waals surface area (Å²) in [5, 5.41) is 0.129. The summed E-state index contributed by atoms with van der Waals surface area (Å²) in [6.07, 6.45) is -0.774. The molecule has 6 rings (SSSR count). The van der Waals surface area contributed by atoms with E-state index in [2.05, 4.69) is 24.6 Å². The second-order valence-electron chi connectivity index (χ2n) is 10.2. The second-order valence-corrected chi connectivity index (χ2v) is 10.2. The van der Waals surface area contributed by atoms with Gasteiger partial charge in [0.25, 0.3) is 0 Å². The number of fused-ring (bicyclic) bond motifs is 3. The van der Waals surface area contributed by atoms with E-state index in [9.17, 15) is 17.6 Å². The third kappa shape index (κ3) is 4.43. The van der Waals surface area contributed by atoms with Crippen LogP contribution in [0.1, 0.15) is 38.3 Å². The zero-order valence-corrected chi connectivity index (χ0v) is 21.6. The number of rotatable bonds is 6. The molecule has 0 aliphatic carbocycles. The number of benzene rings is 2. The van der Waals surface area contributed by atoms with Crippen LogP contribution < -0.4 is 15.2 Å². The third-order valence-electron chi connectivity index (χ3n) is 7.91. The summed E-state index contributed by atoms with van der Waals surface area (Å²) < 4.78 is 80.6. The van der Waals surface area contributed by atoms with Gasteiger partial charge in [0.2, 0.25) is 0 Å². The number of hydrogen-bond acceptors (Lipinski definition) is 7. The van der Waals surface area contributed by atoms with E-state index in [1.807, 2.05) is 0 Å². The summed E-state index contributed by atoms with van der Waals surface area (Å²) in [5.74, 6) is -3.28. The first kappa shape index (κ1) is 26.4. The topological polar surface area (TPSA) is 86.4 Å². The fraction of sp³-hybridized carbons (Fsp3) is 0.393. The Bertz CT molecular complexity index is 1620. The first-order valence-corrected chi connectivity index (χ1v) is 13.1. The van der Waals surface area contributed by atoms with Crippen molar-refractivity contribution < 1.29 is 31.4 Å². The number of halogens is 5. The number of nitrogens with two attached hydrogens (primary N) is 1. The Morgan fingerprint density at radius 1 is 1.00 bits per heavy atom. The highest BCUT2D eigenvalue weighted by atomic mass is 19.4. The van der Waals surface area contributed by atoms with Crippen molar-refractivity contribution in [2.24, 2.45) is 0 Å². The Hall–Kier alpha value is -3.80. The largest absolute Gasteiger partial charge is 0.573 e. The van der Waals surface area contributed by atoms with Gasteiger partial charge in [-0.2, -0.15) is 9.97 Å². The molecule has 0 radical (unpaired) electrons. The molecule has 40 heavy (non-hydrogen) atoms. The minimum atomic E-state index is -5.17. The number of aryl methyl sites for hydroxylation is 1. The van der Waals surface area contributed by atoms with Crippen LogP contribution in [0.25, 0.3) is 32.9 Å². The van der Waals surface area contributed by atoms with Gasteiger partial charge in [-0.15, -0.1) is 13.2 Å². The van der Waals surface area contributed by atoms with Crippen LogP contribution in [-0.2, 0) is 6.42 Å². The summed E-state index contributed by atoms with van der Waals surface area (Å²) >= 11 is 0. The highest BCUT2D eigenvalue weighted by molar-refractivity contribution is 6.02. The summed E-state index contributed by atoms with van der Waals surface area (Å²) in [5.41, 5.74) is 5.89. The van der Waals surface area contributed by atoms with Gasteiger partial charge in [0.05, 0.1) is 16.6 Å². The lowest BCUT2D eigenvalue weighted by Crippen LogP contribution is -2.43. The molecule has 4 heterocycles. The van der Waals surface area contributed by atoms with E-state index in [-0.39, 0.29) is 50.3 Å². The van der Waals surface area contributed by atoms with Gasteiger partial charge >= 0.3 is 12.4 Å². The Balaban J connectivity index is 1.50. The monoisotopic (exact) mass is 559 g/mol. The van der Waals surface area contributed by atoms with E-state index >= 15 is 4.39 Å². The molecule has 7 nitrogen and oxygen atoms in total. The van der Waals surface area contributed by atoms with Crippen LogP contribution in [0.3, 0.4) is 0 Å². The number of ether oxygens (including phenoxy) is 2. The molecule has 2 aromatic heterocycles. The van der Waals surface area contributed by atoms with Gasteiger partial charge in [0.1, 0.15) is 23.6 Å². The zero-order valence-electron chi connectivity index (χ0n) is 21.6. The van der Waals surface area contributed by atoms with Gasteiger partial charge in [0.15, 0.2) is 17.4 Å². The number of aromatic nitrogens is 3. The van der Waals surface area contributed by atoms with Crippen molar-refractivity contribution in [3.8, 4) is 23.0 Å². The van der Waals surface area contributed by atoms with Crippen molar-refractivity contribution in [2.45, 2.75) is 50.9 Å². The lowest BCUT2D eigenvalue weighted by Gasteiger charge is -2.31. The molecule has 0 saturated carbocycles. The number of nitrogens with zero attached hydrogens (tertiary/aromatic N) is 4. The average Bonchev–Trinajstić information content (AvgIpc) is 3.49. The first-order chi connectivity index (χ1) is 19.1. The van der Waals surface area contributed by atoms with Crippen molar-refractivity contribution >= 4 is 27.5 Å². The van der Waals surface area contributed by atoms with E-state index in [0.29, 0.717) is 18.7 Å². The molecule has 210 valence electrons. The molecule has 0 amide bonds. The Kier molecular flexibility index (Phi) is 6.40. The van der Waals surface area contributed by atoms with Crippen molar-refractivity contribution in [1.29, 1.82) is 0 Å². The molecule has 0 bridgehead atoms. The lowest BCUT2D eigenvalue weighted by atomic mass is 9.95. The van der Waals surface area contributed by atoms with Crippen LogP contribution in [0.5, 0.6) is 11.8 Å². The van der Waals surface area contributed by atoms with Gasteiger partial charge in [-0.25, -0.2) is 13.8 Å². The van der Waals surface area contributed by atoms with Gasteiger partial charge in [0, 0.05) is 10.9 Å². The number of anilines is 1. The predicted octanol–water partition coefficient (Wildman–Crippen LogP) is 6.17. The lowest BCUT2D eigenvalue weighted by molar-refractivity contribution is -0.275. The Labute approximate surface area is 226 Å². The summed E-state index contributed by atoms with van der Waals surface area (Å²) in [6, 6.07) is 6.40. The van der Waals surface area contributed by atoms with Crippen LogP contribution in [-0.4, -0.2) is 51.4 Å². The quantitative estimate of drug-likeness (QED) is 0.283. The van der Waals surface area contributed by atoms with E-state index in [0.717, 1.165) is 44.8 Å². The van der Waals surface area contributed by atoms with Crippen LogP contribution in [0.2, 0.25) is 0 Å². The Morgan fingerprint density at radius 3 is 2.45 bits per heavy atom. The van der Waals surface area contributed by atoms with Crippen LogP contribution in [0, 0.1) is 11.6 Å². The molecular weight excluding hydrogens is 533 g/mol. The molecular formula is C28H26F5N5O2. The normalized spacial score (nSPS) is 17.1. The highest BCUT2D eigenvalue weighted by Gasteiger charge is 2.45. The van der Waals surface area contributed by atoms with Crippen LogP contribution >= 0.6 is 0 Å². The summed E-state index contributed by atoms with van der Waals surface area (Å²) in [7, 11) is 0. The second kappa shape index (κ2) is 9.69. The number of pyridine rings is 1. The highest BCUT2D eigenvalue weighted by Crippen LogP contribution is 2.42. The van der Waals surface area contributed by atoms with Crippen LogP contribution in [0.15, 0.2) is 30.3 Å². The molecule has 4 aromatic rings. The smallest absolute Gasteiger partial charge is 0.461 e. The molecule has 0 spiro atoms. The van der Waals surface area contributed by atoms with Crippen molar-refractivity contribution in [3.63, 3.8) is 0 Å². The van der Waals surface area contributed by atoms with E-state index in [1.165, 1.54) is 24.3 Å². The molecule has 2 aliphatic heterocycles. The van der Waals surface area contributed by atoms with E-state index < -0.39 is 23.7 Å². The van der Waals surface area contributed by atoms with E-state index in [4.69, 9.17) is 10.5 Å². The maximum absolute atomic E-state index is 16.3. The van der Waals surface area contributed by atoms with Gasteiger partial charge < -0.3 is 15.2 Å². The number of hydrogen-bond donors (Lipinski definition) is 1. The van der Waals surface area contributed by atoms with Crippen molar-refractivity contribution in [3.05, 3.63) is 47.7 Å². The first-order valence-electron chi connectivity index (χ1n) is 13.1. The fourth-order valence-electron chi connectivity index (χ4n) is 6.14. The standard InChI is InChI=1S/C28H26F5N5O2/c1-2-18-20-23(36-26(37-25(20)34)39-14-27-10-4-12-38(27)13-5-11-27)21(30)22(35-18)16-7-3-6-15-8-9-17(29)24(19(15)16)40-28(31,32)33/h3,6-9H,2,4-5,10-14H2,1H3,(H2,34,36,37). The number of nitrogen functional groups attached to an aromatic ring is 1. The predicted molar refractivity (Wildman–Crippen MR) is 139 cm³/mol. The zero-order chi connectivity index (χ0) is 28.2. The minimum Gasteiger partial charge on any atom is -0.461 e. The van der Waals surface area contributed by atoms with Gasteiger partial charge in [-0.1, -0.05) is 31.2 Å². The van der Waals surface area contributed by atoms with Crippen molar-refractivity contribution in [2.75, 3.05) is 25.4 Å². The van der Waals surface area contributed by atoms with Gasteiger partial charge in [-0.3, -0.25) is 4.90 Å². The SMILES string of the molecule is CCc1nc(-c2cccc3ccc(F)c(OC(F)(F)F)c23)c(F)c2nc(OCC34CCCN3CCC4)nc(N)c12. The van der Waals surface area contributed by atoms with Crippen molar-refractivity contribution in [1.82, 2.24) is 19.9 Å². The number of alkyl halides is 3. The molecule has 2 N–H and O–H groups in total. The fourth-order valence-corrected chi connectivity index (χ4v) is 6.14. The molecule has 12 heteroatoms. The van der Waals surface area contributed by atoms with E-state index in [1.54, 1.807) is 6.92 Å². The minimum absolute atomic E-state index is 0.0212. The molecule has 0 atom stereocenters. The maximum Gasteiger partial charge on any atom is 0.573 e. The molecule has 0 unspecified atom stereocenters. The van der Waals surface area contributed by atoms with Gasteiger partial charge in [-0.05, 0) is 56.6 Å². The maximum atomic E-state index is 16.3. The average molecular weight is 560 g/mol. The molecule has 2 aliphatic rings. The third-order valence-corrected chi connectivity index (χ3v) is 7.91. The molecule has 2 saturated heterocycles. The summed E-state index contributed by atoms with van der Waals surface area (Å²) in [4.78, 5) is 15.4. The van der Waals surface area contributed by atoms with Crippen LogP contribution in [0.4, 0.5) is 27.8 Å². The molecule has 2 aromatic carbocycles.